The molecule has 1 aromatic rings. The van der Waals surface area contributed by atoms with E-state index in [-0.39, 0.29) is 11.2 Å². The third-order valence-electron chi connectivity index (χ3n) is 3.39. The van der Waals surface area contributed by atoms with Crippen LogP contribution in [0, 0.1) is 11.8 Å². The van der Waals surface area contributed by atoms with Crippen LogP contribution in [0.4, 0.5) is 0 Å². The number of nitrogens with zero attached hydrogens (tertiary/aromatic N) is 5. The highest BCUT2D eigenvalue weighted by atomic mass is 32.2. The molecule has 1 aromatic heterocycles. The fourth-order valence-electron chi connectivity index (χ4n) is 2.63. The fraction of sp³-hybridized carbons (Fsp3) is 0.833. The minimum absolute atomic E-state index is 0.151. The lowest BCUT2D eigenvalue weighted by Gasteiger charge is -2.36. The molecule has 0 N–H and O–H groups in total. The van der Waals surface area contributed by atoms with Gasteiger partial charge in [-0.1, -0.05) is 25.6 Å². The summed E-state index contributed by atoms with van der Waals surface area (Å²) in [6.07, 6.45) is 1.21. The van der Waals surface area contributed by atoms with Crippen LogP contribution in [-0.4, -0.2) is 49.4 Å². The molecule has 0 saturated carbocycles. The first-order valence-corrected chi connectivity index (χ1v) is 7.53. The van der Waals surface area contributed by atoms with E-state index in [0.717, 1.165) is 13.1 Å². The van der Waals surface area contributed by atoms with E-state index in [1.165, 1.54) is 18.2 Å². The average Bonchev–Trinajstić information content (AvgIpc) is 2.72. The average molecular weight is 283 g/mol. The predicted molar refractivity (Wildman–Crippen MR) is 73.6 cm³/mol. The van der Waals surface area contributed by atoms with Crippen LogP contribution < -0.4 is 0 Å². The molecule has 1 aliphatic heterocycles. The molecule has 0 unspecified atom stereocenters. The summed E-state index contributed by atoms with van der Waals surface area (Å²) in [7, 11) is 1.78. The number of carbonyl (C=O) groups is 1. The Balaban J connectivity index is 1.97. The molecule has 106 valence electrons. The van der Waals surface area contributed by atoms with Crippen molar-refractivity contribution in [2.75, 3.05) is 13.1 Å². The number of hydrogen-bond acceptors (Lipinski definition) is 5. The van der Waals surface area contributed by atoms with Gasteiger partial charge in [-0.25, -0.2) is 4.68 Å². The highest BCUT2D eigenvalue weighted by Crippen LogP contribution is 2.25. The van der Waals surface area contributed by atoms with Gasteiger partial charge in [0.25, 0.3) is 0 Å². The third kappa shape index (κ3) is 3.46. The number of aromatic nitrogens is 4. The molecule has 3 atom stereocenters. The summed E-state index contributed by atoms with van der Waals surface area (Å²) < 4.78 is 1.59. The largest absolute Gasteiger partial charge is 0.341 e. The number of thioether (sulfide) groups is 1. The van der Waals surface area contributed by atoms with Crippen molar-refractivity contribution in [3.63, 3.8) is 0 Å². The maximum atomic E-state index is 12.5. The topological polar surface area (TPSA) is 63.9 Å². The second-order valence-electron chi connectivity index (χ2n) is 5.53. The zero-order valence-electron chi connectivity index (χ0n) is 11.9. The minimum atomic E-state index is -0.151. The first-order chi connectivity index (χ1) is 8.97. The van der Waals surface area contributed by atoms with Gasteiger partial charge < -0.3 is 4.90 Å². The fourth-order valence-corrected chi connectivity index (χ4v) is 3.47. The van der Waals surface area contributed by atoms with Crippen LogP contribution in [-0.2, 0) is 11.8 Å². The number of hydrogen-bond donors (Lipinski definition) is 0. The number of amides is 1. The monoisotopic (exact) mass is 283 g/mol. The molecular weight excluding hydrogens is 262 g/mol. The van der Waals surface area contributed by atoms with Crippen molar-refractivity contribution >= 4 is 17.7 Å². The Morgan fingerprint density at radius 3 is 2.53 bits per heavy atom. The van der Waals surface area contributed by atoms with Crippen LogP contribution in [0.25, 0.3) is 0 Å². The van der Waals surface area contributed by atoms with Crippen molar-refractivity contribution in [1.82, 2.24) is 25.1 Å². The summed E-state index contributed by atoms with van der Waals surface area (Å²) in [4.78, 5) is 14.4. The molecule has 1 saturated heterocycles. The Hall–Kier alpha value is -1.11. The summed E-state index contributed by atoms with van der Waals surface area (Å²) in [6, 6.07) is 0. The number of tetrazole rings is 1. The molecule has 0 spiro atoms. The van der Waals surface area contributed by atoms with Crippen LogP contribution in [0.2, 0.25) is 0 Å². The van der Waals surface area contributed by atoms with Crippen molar-refractivity contribution in [2.24, 2.45) is 18.9 Å². The third-order valence-corrected chi connectivity index (χ3v) is 4.50. The standard InChI is InChI=1S/C12H21N5OS/c1-8-5-9(2)7-17(6-8)11(18)10(3)19-12-13-14-15-16(12)4/h8-10H,5-7H2,1-4H3/t8-,9+,10-/m1/s1. The van der Waals surface area contributed by atoms with Gasteiger partial charge in [-0.15, -0.1) is 5.10 Å². The first kappa shape index (κ1) is 14.3. The van der Waals surface area contributed by atoms with Crippen LogP contribution in [0.5, 0.6) is 0 Å². The Labute approximate surface area is 117 Å². The number of piperidine rings is 1. The van der Waals surface area contributed by atoms with Crippen LogP contribution >= 0.6 is 11.8 Å². The van der Waals surface area contributed by atoms with Gasteiger partial charge in [0.15, 0.2) is 0 Å². The highest BCUT2D eigenvalue weighted by Gasteiger charge is 2.29. The molecule has 2 rings (SSSR count). The van der Waals surface area contributed by atoms with E-state index in [4.69, 9.17) is 0 Å². The molecule has 2 heterocycles. The first-order valence-electron chi connectivity index (χ1n) is 6.65. The molecule has 0 aromatic carbocycles. The summed E-state index contributed by atoms with van der Waals surface area (Å²) >= 11 is 1.42. The Morgan fingerprint density at radius 1 is 1.37 bits per heavy atom. The molecule has 1 aliphatic rings. The zero-order chi connectivity index (χ0) is 14.0. The van der Waals surface area contributed by atoms with Crippen molar-refractivity contribution in [2.45, 2.75) is 37.6 Å². The maximum Gasteiger partial charge on any atom is 0.235 e. The summed E-state index contributed by atoms with van der Waals surface area (Å²) in [6.45, 7) is 8.07. The summed E-state index contributed by atoms with van der Waals surface area (Å²) in [5.74, 6) is 1.36. The van der Waals surface area contributed by atoms with E-state index in [1.807, 2.05) is 11.8 Å². The molecule has 7 heteroatoms. The minimum Gasteiger partial charge on any atom is -0.341 e. The number of aryl methyl sites for hydroxylation is 1. The molecule has 0 bridgehead atoms. The van der Waals surface area contributed by atoms with Gasteiger partial charge in [0.1, 0.15) is 0 Å². The molecule has 1 amide bonds. The van der Waals surface area contributed by atoms with Crippen molar-refractivity contribution in [3.05, 3.63) is 0 Å². The second kappa shape index (κ2) is 5.90. The number of rotatable bonds is 3. The van der Waals surface area contributed by atoms with Gasteiger partial charge in [-0.3, -0.25) is 4.79 Å². The summed E-state index contributed by atoms with van der Waals surface area (Å²) in [5, 5.41) is 11.8. The predicted octanol–water partition coefficient (Wildman–Crippen LogP) is 1.20. The Morgan fingerprint density at radius 2 is 2.00 bits per heavy atom. The highest BCUT2D eigenvalue weighted by molar-refractivity contribution is 8.00. The normalized spacial score (nSPS) is 25.4. The smallest absolute Gasteiger partial charge is 0.235 e. The van der Waals surface area contributed by atoms with E-state index in [2.05, 4.69) is 29.4 Å². The van der Waals surface area contributed by atoms with Gasteiger partial charge >= 0.3 is 0 Å². The van der Waals surface area contributed by atoms with Crippen molar-refractivity contribution in [1.29, 1.82) is 0 Å². The van der Waals surface area contributed by atoms with Crippen LogP contribution in [0.15, 0.2) is 5.16 Å². The Kier molecular flexibility index (Phi) is 4.44. The lowest BCUT2D eigenvalue weighted by molar-refractivity contribution is -0.132. The number of likely N-dealkylation sites (tertiary alicyclic amines) is 1. The van der Waals surface area contributed by atoms with Crippen LogP contribution in [0.1, 0.15) is 27.2 Å². The van der Waals surface area contributed by atoms with E-state index < -0.39 is 0 Å². The van der Waals surface area contributed by atoms with E-state index >= 15 is 0 Å². The van der Waals surface area contributed by atoms with Crippen LogP contribution in [0.3, 0.4) is 0 Å². The molecule has 0 aliphatic carbocycles. The van der Waals surface area contributed by atoms with Gasteiger partial charge in [0, 0.05) is 20.1 Å². The molecule has 1 fully saturated rings. The second-order valence-corrected chi connectivity index (χ2v) is 6.84. The van der Waals surface area contributed by atoms with E-state index in [1.54, 1.807) is 11.7 Å². The SMILES string of the molecule is C[C@@H]1C[C@H](C)CN(C(=O)[C@@H](C)Sc2nnnn2C)C1. The molecule has 6 nitrogen and oxygen atoms in total. The van der Waals surface area contributed by atoms with Crippen molar-refractivity contribution in [3.8, 4) is 0 Å². The van der Waals surface area contributed by atoms with Gasteiger partial charge in [0.2, 0.25) is 11.1 Å². The van der Waals surface area contributed by atoms with Gasteiger partial charge in [0.05, 0.1) is 5.25 Å². The van der Waals surface area contributed by atoms with Crippen molar-refractivity contribution < 1.29 is 4.79 Å². The lowest BCUT2D eigenvalue weighted by atomic mass is 9.92. The van der Waals surface area contributed by atoms with E-state index in [9.17, 15) is 4.79 Å². The molecule has 0 radical (unpaired) electrons. The zero-order valence-corrected chi connectivity index (χ0v) is 12.7. The van der Waals surface area contributed by atoms with Gasteiger partial charge in [-0.05, 0) is 35.6 Å². The lowest BCUT2D eigenvalue weighted by Crippen LogP contribution is -2.45. The van der Waals surface area contributed by atoms with Gasteiger partial charge in [-0.2, -0.15) is 0 Å². The Bertz CT molecular complexity index is 439. The molecule has 19 heavy (non-hydrogen) atoms. The maximum absolute atomic E-state index is 12.5. The summed E-state index contributed by atoms with van der Waals surface area (Å²) in [5.41, 5.74) is 0. The van der Waals surface area contributed by atoms with E-state index in [0.29, 0.717) is 17.0 Å². The molecular formula is C12H21N5OS. The number of carbonyl (C=O) groups excluding carboxylic acids is 1. The quantitative estimate of drug-likeness (QED) is 0.780.